The van der Waals surface area contributed by atoms with Crippen LogP contribution in [-0.2, 0) is 13.0 Å². The maximum absolute atomic E-state index is 9.21. The van der Waals surface area contributed by atoms with Crippen LogP contribution in [0.4, 0.5) is 5.69 Å². The van der Waals surface area contributed by atoms with Crippen LogP contribution in [0.25, 0.3) is 0 Å². The molecule has 0 fully saturated rings. The minimum atomic E-state index is 0.250. The number of hydrogen-bond acceptors (Lipinski definition) is 2. The molecule has 0 radical (unpaired) electrons. The van der Waals surface area contributed by atoms with Crippen LogP contribution in [0.2, 0.25) is 0 Å². The predicted octanol–water partition coefficient (Wildman–Crippen LogP) is 2.88. The van der Waals surface area contributed by atoms with E-state index in [1.54, 1.807) is 12.1 Å². The molecule has 0 heterocycles. The first-order valence-corrected chi connectivity index (χ1v) is 6.61. The van der Waals surface area contributed by atoms with Gasteiger partial charge in [-0.05, 0) is 41.8 Å². The van der Waals surface area contributed by atoms with Crippen molar-refractivity contribution in [3.63, 3.8) is 0 Å². The highest BCUT2D eigenvalue weighted by Crippen LogP contribution is 2.12. The summed E-state index contributed by atoms with van der Waals surface area (Å²) >= 11 is 0. The summed E-state index contributed by atoms with van der Waals surface area (Å²) in [6.45, 7) is 2.59. The van der Waals surface area contributed by atoms with Crippen LogP contribution >= 0.6 is 0 Å². The molecule has 20 heavy (non-hydrogen) atoms. The van der Waals surface area contributed by atoms with Gasteiger partial charge in [0.1, 0.15) is 5.75 Å². The lowest BCUT2D eigenvalue weighted by Gasteiger charge is -2.07. The van der Waals surface area contributed by atoms with E-state index >= 15 is 0 Å². The zero-order valence-electron chi connectivity index (χ0n) is 11.5. The van der Waals surface area contributed by atoms with Crippen LogP contribution in [0.5, 0.6) is 5.75 Å². The van der Waals surface area contributed by atoms with Gasteiger partial charge in [-0.15, -0.1) is 0 Å². The molecule has 0 bridgehead atoms. The number of nitrogens with zero attached hydrogens (tertiary/aromatic N) is 1. The fourth-order valence-electron chi connectivity index (χ4n) is 1.83. The summed E-state index contributed by atoms with van der Waals surface area (Å²) in [5.41, 5.74) is 9.05. The molecule has 2 aromatic rings. The fraction of sp³-hybridized carbons (Fsp3) is 0.188. The molecule has 0 aliphatic carbocycles. The number of hydrogen-bond donors (Lipinski definition) is 3. The number of benzene rings is 2. The van der Waals surface area contributed by atoms with Crippen molar-refractivity contribution < 1.29 is 5.11 Å². The summed E-state index contributed by atoms with van der Waals surface area (Å²) in [7, 11) is 0. The van der Waals surface area contributed by atoms with Gasteiger partial charge in [-0.2, -0.15) is 0 Å². The van der Waals surface area contributed by atoms with Crippen LogP contribution in [0, 0.1) is 0 Å². The smallest absolute Gasteiger partial charge is 0.193 e. The Labute approximate surface area is 119 Å². The van der Waals surface area contributed by atoms with Crippen LogP contribution in [0.3, 0.4) is 0 Å². The van der Waals surface area contributed by atoms with Gasteiger partial charge in [-0.1, -0.05) is 31.2 Å². The first-order valence-electron chi connectivity index (χ1n) is 6.61. The number of nitrogens with two attached hydrogens (primary N) is 1. The van der Waals surface area contributed by atoms with Crippen LogP contribution in [0.15, 0.2) is 53.5 Å². The van der Waals surface area contributed by atoms with Gasteiger partial charge < -0.3 is 16.2 Å². The van der Waals surface area contributed by atoms with Crippen LogP contribution in [-0.4, -0.2) is 11.1 Å². The molecule has 0 aromatic heterocycles. The van der Waals surface area contributed by atoms with E-state index in [9.17, 15) is 5.11 Å². The molecular weight excluding hydrogens is 250 g/mol. The third-order valence-corrected chi connectivity index (χ3v) is 2.98. The molecular formula is C16H19N3O. The highest BCUT2D eigenvalue weighted by atomic mass is 16.3. The maximum atomic E-state index is 9.21. The summed E-state index contributed by atoms with van der Waals surface area (Å²) in [6.07, 6.45) is 0.986. The van der Waals surface area contributed by atoms with E-state index in [0.29, 0.717) is 12.5 Å². The lowest BCUT2D eigenvalue weighted by atomic mass is 10.1. The number of nitrogens with one attached hydrogen (secondary N) is 1. The summed E-state index contributed by atoms with van der Waals surface area (Å²) in [6, 6.07) is 15.0. The standard InChI is InChI=1S/C16H19N3O/c1-2-12-4-3-5-14(10-12)19-16(17)18-11-13-6-8-15(20)9-7-13/h3-10,20H,2,11H2,1H3,(H3,17,18,19). The van der Waals surface area contributed by atoms with Gasteiger partial charge in [-0.25, -0.2) is 4.99 Å². The van der Waals surface area contributed by atoms with E-state index in [0.717, 1.165) is 17.7 Å². The van der Waals surface area contributed by atoms with Gasteiger partial charge in [0.15, 0.2) is 5.96 Å². The number of phenols is 1. The van der Waals surface area contributed by atoms with E-state index in [-0.39, 0.29) is 5.75 Å². The topological polar surface area (TPSA) is 70.6 Å². The molecule has 4 N–H and O–H groups in total. The van der Waals surface area contributed by atoms with Gasteiger partial charge in [0, 0.05) is 5.69 Å². The van der Waals surface area contributed by atoms with Gasteiger partial charge in [0.05, 0.1) is 6.54 Å². The van der Waals surface area contributed by atoms with Crippen LogP contribution in [0.1, 0.15) is 18.1 Å². The number of aryl methyl sites for hydroxylation is 1. The number of aromatic hydroxyl groups is 1. The first kappa shape index (κ1) is 13.9. The fourth-order valence-corrected chi connectivity index (χ4v) is 1.83. The van der Waals surface area contributed by atoms with Crippen molar-refractivity contribution in [2.45, 2.75) is 19.9 Å². The normalized spacial score (nSPS) is 11.3. The number of guanidine groups is 1. The predicted molar refractivity (Wildman–Crippen MR) is 82.9 cm³/mol. The Bertz CT molecular complexity index is 591. The van der Waals surface area contributed by atoms with E-state index in [4.69, 9.17) is 5.73 Å². The Morgan fingerprint density at radius 3 is 2.60 bits per heavy atom. The average Bonchev–Trinajstić information content (AvgIpc) is 2.47. The maximum Gasteiger partial charge on any atom is 0.193 e. The van der Waals surface area contributed by atoms with E-state index in [1.165, 1.54) is 5.56 Å². The van der Waals surface area contributed by atoms with Gasteiger partial charge >= 0.3 is 0 Å². The zero-order valence-corrected chi connectivity index (χ0v) is 11.5. The van der Waals surface area contributed by atoms with Crippen molar-refractivity contribution in [1.29, 1.82) is 0 Å². The molecule has 0 unspecified atom stereocenters. The molecule has 0 spiro atoms. The molecule has 2 aromatic carbocycles. The van der Waals surface area contributed by atoms with Gasteiger partial charge in [0.25, 0.3) is 0 Å². The van der Waals surface area contributed by atoms with Crippen molar-refractivity contribution in [2.24, 2.45) is 10.7 Å². The summed E-state index contributed by atoms with van der Waals surface area (Å²) < 4.78 is 0. The Morgan fingerprint density at radius 2 is 1.90 bits per heavy atom. The molecule has 0 atom stereocenters. The van der Waals surface area contributed by atoms with Crippen molar-refractivity contribution in [3.8, 4) is 5.75 Å². The molecule has 0 saturated heterocycles. The lowest BCUT2D eigenvalue weighted by Crippen LogP contribution is -2.22. The Kier molecular flexibility index (Phi) is 4.60. The lowest BCUT2D eigenvalue weighted by molar-refractivity contribution is 0.475. The van der Waals surface area contributed by atoms with Crippen molar-refractivity contribution >= 4 is 11.6 Å². The van der Waals surface area contributed by atoms with Crippen molar-refractivity contribution in [1.82, 2.24) is 0 Å². The van der Waals surface area contributed by atoms with E-state index in [1.807, 2.05) is 24.3 Å². The highest BCUT2D eigenvalue weighted by Gasteiger charge is 1.97. The second-order valence-electron chi connectivity index (χ2n) is 4.55. The number of phenolic OH excluding ortho intramolecular Hbond substituents is 1. The Balaban J connectivity index is 1.98. The van der Waals surface area contributed by atoms with Crippen LogP contribution < -0.4 is 11.1 Å². The van der Waals surface area contributed by atoms with Crippen molar-refractivity contribution in [3.05, 3.63) is 59.7 Å². The minimum absolute atomic E-state index is 0.250. The largest absolute Gasteiger partial charge is 0.508 e. The molecule has 0 aliphatic rings. The van der Waals surface area contributed by atoms with Crippen molar-refractivity contribution in [2.75, 3.05) is 5.32 Å². The summed E-state index contributed by atoms with van der Waals surface area (Å²) in [5.74, 6) is 0.631. The van der Waals surface area contributed by atoms with Gasteiger partial charge in [0.2, 0.25) is 0 Å². The minimum Gasteiger partial charge on any atom is -0.508 e. The summed E-state index contributed by atoms with van der Waals surface area (Å²) in [5, 5.41) is 12.3. The molecule has 2 rings (SSSR count). The zero-order chi connectivity index (χ0) is 14.4. The molecule has 4 nitrogen and oxygen atoms in total. The molecule has 0 saturated carbocycles. The molecule has 0 aliphatic heterocycles. The monoisotopic (exact) mass is 269 g/mol. The number of anilines is 1. The highest BCUT2D eigenvalue weighted by molar-refractivity contribution is 5.92. The molecule has 0 amide bonds. The van der Waals surface area contributed by atoms with E-state index in [2.05, 4.69) is 29.4 Å². The Hall–Kier alpha value is -2.49. The SMILES string of the molecule is CCc1cccc(NC(N)=NCc2ccc(O)cc2)c1. The van der Waals surface area contributed by atoms with E-state index < -0.39 is 0 Å². The number of aliphatic imine (C=N–C) groups is 1. The molecule has 104 valence electrons. The Morgan fingerprint density at radius 1 is 1.15 bits per heavy atom. The second-order valence-corrected chi connectivity index (χ2v) is 4.55. The van der Waals surface area contributed by atoms with Gasteiger partial charge in [-0.3, -0.25) is 0 Å². The molecule has 4 heteroatoms. The first-order chi connectivity index (χ1) is 9.67. The third kappa shape index (κ3) is 4.02. The number of rotatable bonds is 4. The quantitative estimate of drug-likeness (QED) is 0.590. The summed E-state index contributed by atoms with van der Waals surface area (Å²) in [4.78, 5) is 4.28. The average molecular weight is 269 g/mol. The second kappa shape index (κ2) is 6.61. The third-order valence-electron chi connectivity index (χ3n) is 2.98.